The van der Waals surface area contributed by atoms with Gasteiger partial charge in [0.2, 0.25) is 0 Å². The van der Waals surface area contributed by atoms with E-state index in [1.807, 2.05) is 0 Å². The van der Waals surface area contributed by atoms with Crippen molar-refractivity contribution in [3.63, 3.8) is 0 Å². The Bertz CT molecular complexity index is 428. The largest absolute Gasteiger partial charge is 0.857 e. The van der Waals surface area contributed by atoms with Crippen LogP contribution in [0.4, 0.5) is 0 Å². The second-order valence-corrected chi connectivity index (χ2v) is 4.47. The van der Waals surface area contributed by atoms with Gasteiger partial charge in [-0.3, -0.25) is 0 Å². The van der Waals surface area contributed by atoms with Crippen molar-refractivity contribution in [1.82, 2.24) is 0 Å². The number of hydrogen-bond donors (Lipinski definition) is 0. The first-order valence-corrected chi connectivity index (χ1v) is 5.03. The highest BCUT2D eigenvalue weighted by molar-refractivity contribution is 7.91. The molecular weight excluding hydrogens is 186 g/mol. The van der Waals surface area contributed by atoms with Crippen molar-refractivity contribution in [2.24, 2.45) is 4.40 Å². The molecule has 4 nitrogen and oxygen atoms in total. The van der Waals surface area contributed by atoms with E-state index >= 15 is 0 Å². The van der Waals surface area contributed by atoms with Gasteiger partial charge in [0, 0.05) is 5.90 Å². The van der Waals surface area contributed by atoms with Gasteiger partial charge in [0.15, 0.2) is 0 Å². The summed E-state index contributed by atoms with van der Waals surface area (Å²) in [6.45, 7) is 0. The molecule has 0 atom stereocenters. The van der Waals surface area contributed by atoms with E-state index in [4.69, 9.17) is 0 Å². The molecule has 1 aliphatic heterocycles. The van der Waals surface area contributed by atoms with Crippen LogP contribution in [0.25, 0.3) is 0 Å². The zero-order chi connectivity index (χ0) is 8.06. The molecular formula is C5H2NO3S2-. The molecule has 0 N–H and O–H groups in total. The van der Waals surface area contributed by atoms with Gasteiger partial charge in [-0.25, -0.2) is 0 Å². The zero-order valence-electron chi connectivity index (χ0n) is 5.14. The molecule has 0 bridgehead atoms. The normalized spacial score (nSPS) is 19.5. The molecule has 0 saturated carbocycles. The smallest absolute Gasteiger partial charge is 0.283 e. The van der Waals surface area contributed by atoms with Crippen LogP contribution in [0.5, 0.6) is 0 Å². The number of thiophene rings is 1. The lowest BCUT2D eigenvalue weighted by Gasteiger charge is -1.97. The van der Waals surface area contributed by atoms with Crippen molar-refractivity contribution >= 4 is 27.3 Å². The van der Waals surface area contributed by atoms with E-state index < -0.39 is 15.9 Å². The Balaban J connectivity index is 2.87. The van der Waals surface area contributed by atoms with Crippen molar-refractivity contribution in [2.45, 2.75) is 4.90 Å². The Morgan fingerprint density at radius 3 is 2.91 bits per heavy atom. The van der Waals surface area contributed by atoms with Gasteiger partial charge < -0.3 is 5.11 Å². The summed E-state index contributed by atoms with van der Waals surface area (Å²) in [5, 5.41) is 12.4. The monoisotopic (exact) mass is 188 g/mol. The highest BCUT2D eigenvalue weighted by atomic mass is 32.2. The molecule has 1 aromatic rings. The predicted molar refractivity (Wildman–Crippen MR) is 38.0 cm³/mol. The van der Waals surface area contributed by atoms with Crippen LogP contribution < -0.4 is 5.11 Å². The molecule has 0 saturated heterocycles. The maximum Gasteiger partial charge on any atom is 0.283 e. The van der Waals surface area contributed by atoms with Crippen molar-refractivity contribution in [3.8, 4) is 0 Å². The predicted octanol–water partition coefficient (Wildman–Crippen LogP) is -0.443. The van der Waals surface area contributed by atoms with E-state index in [0.717, 1.165) is 11.3 Å². The number of nitrogens with zero attached hydrogens (tertiary/aromatic N) is 1. The molecule has 1 aromatic heterocycles. The van der Waals surface area contributed by atoms with E-state index in [1.54, 1.807) is 5.38 Å². The van der Waals surface area contributed by atoms with E-state index in [1.165, 1.54) is 6.07 Å². The first-order valence-electron chi connectivity index (χ1n) is 2.71. The van der Waals surface area contributed by atoms with Gasteiger partial charge >= 0.3 is 0 Å². The number of hydrogen-bond acceptors (Lipinski definition) is 4. The summed E-state index contributed by atoms with van der Waals surface area (Å²) >= 11 is 1.10. The van der Waals surface area contributed by atoms with Gasteiger partial charge in [0.25, 0.3) is 10.0 Å². The minimum absolute atomic E-state index is 0.0486. The molecule has 11 heavy (non-hydrogen) atoms. The molecule has 1 aliphatic rings. The molecule has 58 valence electrons. The number of rotatable bonds is 0. The fourth-order valence-corrected chi connectivity index (χ4v) is 3.10. The maximum atomic E-state index is 10.9. The topological polar surface area (TPSA) is 69.6 Å². The Morgan fingerprint density at radius 2 is 2.27 bits per heavy atom. The van der Waals surface area contributed by atoms with Crippen molar-refractivity contribution in [1.29, 1.82) is 0 Å². The fourth-order valence-electron chi connectivity index (χ4n) is 0.856. The highest BCUT2D eigenvalue weighted by Crippen LogP contribution is 2.28. The van der Waals surface area contributed by atoms with Crippen molar-refractivity contribution in [2.75, 3.05) is 0 Å². The summed E-state index contributed by atoms with van der Waals surface area (Å²) in [5.74, 6) is -0.644. The van der Waals surface area contributed by atoms with E-state index in [-0.39, 0.29) is 9.77 Å². The second kappa shape index (κ2) is 1.83. The molecule has 2 heterocycles. The molecule has 0 amide bonds. The first-order chi connectivity index (χ1) is 5.11. The second-order valence-electron chi connectivity index (χ2n) is 1.99. The van der Waals surface area contributed by atoms with Gasteiger partial charge in [-0.2, -0.15) is 12.8 Å². The van der Waals surface area contributed by atoms with Crippen LogP contribution in [0.1, 0.15) is 4.88 Å². The van der Waals surface area contributed by atoms with E-state index in [2.05, 4.69) is 4.40 Å². The molecule has 0 aliphatic carbocycles. The number of fused-ring (bicyclic) bond motifs is 1. The minimum atomic E-state index is -3.63. The summed E-state index contributed by atoms with van der Waals surface area (Å²) in [5.41, 5.74) is 0. The van der Waals surface area contributed by atoms with Crippen LogP contribution in [0, 0.1) is 0 Å². The molecule has 2 rings (SSSR count). The molecule has 0 radical (unpaired) electrons. The summed E-state index contributed by atoms with van der Waals surface area (Å²) in [6.07, 6.45) is 0. The van der Waals surface area contributed by atoms with E-state index in [0.29, 0.717) is 0 Å². The van der Waals surface area contributed by atoms with Crippen LogP contribution in [0.15, 0.2) is 20.7 Å². The van der Waals surface area contributed by atoms with Crippen molar-refractivity contribution < 1.29 is 13.5 Å². The molecule has 6 heteroatoms. The molecule has 0 aromatic carbocycles. The first kappa shape index (κ1) is 6.81. The number of sulfonamides is 1. The minimum Gasteiger partial charge on any atom is -0.857 e. The quantitative estimate of drug-likeness (QED) is 0.554. The average Bonchev–Trinajstić information content (AvgIpc) is 2.37. The van der Waals surface area contributed by atoms with Crippen LogP contribution in [0.3, 0.4) is 0 Å². The Labute approximate surface area is 66.9 Å². The summed E-state index contributed by atoms with van der Waals surface area (Å²) in [6, 6.07) is 1.39. The lowest BCUT2D eigenvalue weighted by atomic mass is 10.5. The fraction of sp³-hybridized carbons (Fsp3) is 0. The standard InChI is InChI=1S/C5H3NO3S2/c7-5-4-3(1-2-10-4)11(8,9)6-5/h1-2H,(H,6,7)/p-1. The molecule has 0 spiro atoms. The highest BCUT2D eigenvalue weighted by Gasteiger charge is 2.24. The SMILES string of the molecule is O=S1(=O)N=C([O-])c2sccc21. The van der Waals surface area contributed by atoms with Crippen LogP contribution in [-0.4, -0.2) is 14.3 Å². The Hall–Kier alpha value is -0.880. The Kier molecular flexibility index (Phi) is 1.13. The zero-order valence-corrected chi connectivity index (χ0v) is 6.78. The maximum absolute atomic E-state index is 10.9. The lowest BCUT2D eigenvalue weighted by molar-refractivity contribution is -0.211. The van der Waals surface area contributed by atoms with Crippen LogP contribution in [-0.2, 0) is 10.0 Å². The van der Waals surface area contributed by atoms with Crippen molar-refractivity contribution in [3.05, 3.63) is 16.3 Å². The van der Waals surface area contributed by atoms with Gasteiger partial charge in [-0.1, -0.05) is 0 Å². The summed E-state index contributed by atoms with van der Waals surface area (Å²) in [7, 11) is -3.63. The average molecular weight is 188 g/mol. The van der Waals surface area contributed by atoms with Gasteiger partial charge in [-0.15, -0.1) is 11.3 Å². The van der Waals surface area contributed by atoms with Gasteiger partial charge in [-0.05, 0) is 11.4 Å². The third-order valence-corrected chi connectivity index (χ3v) is 3.64. The van der Waals surface area contributed by atoms with Crippen LogP contribution in [0.2, 0.25) is 0 Å². The van der Waals surface area contributed by atoms with E-state index in [9.17, 15) is 13.5 Å². The molecule has 0 fully saturated rings. The summed E-state index contributed by atoms with van der Waals surface area (Å²) < 4.78 is 24.9. The Morgan fingerprint density at radius 1 is 1.55 bits per heavy atom. The van der Waals surface area contributed by atoms with Gasteiger partial charge in [0.05, 0.1) is 4.88 Å². The lowest BCUT2D eigenvalue weighted by Crippen LogP contribution is -2.14. The van der Waals surface area contributed by atoms with Crippen LogP contribution >= 0.6 is 11.3 Å². The third-order valence-electron chi connectivity index (χ3n) is 1.30. The summed E-state index contributed by atoms with van der Waals surface area (Å²) in [4.78, 5) is 0.275. The molecule has 0 unspecified atom stereocenters. The van der Waals surface area contributed by atoms with Gasteiger partial charge in [0.1, 0.15) is 4.90 Å². The third kappa shape index (κ3) is 0.795.